The summed E-state index contributed by atoms with van der Waals surface area (Å²) in [6.45, 7) is 2.01. The number of benzene rings is 3. The molecule has 0 heterocycles. The number of amides is 1. The lowest BCUT2D eigenvalue weighted by molar-refractivity contribution is -0.134. The highest BCUT2D eigenvalue weighted by Gasteiger charge is 2.43. The number of rotatable bonds is 12. The second-order valence-electron chi connectivity index (χ2n) is 9.76. The number of aldehydes is 1. The van der Waals surface area contributed by atoms with E-state index >= 15 is 0 Å². The summed E-state index contributed by atoms with van der Waals surface area (Å²) in [7, 11) is 24.4. The van der Waals surface area contributed by atoms with Crippen LogP contribution in [0.1, 0.15) is 35.6 Å². The largest absolute Gasteiger partial charge is 0.507 e. The van der Waals surface area contributed by atoms with E-state index in [0.717, 1.165) is 17.3 Å². The first-order chi connectivity index (χ1) is 21.2. The molecule has 0 aliphatic heterocycles. The number of methoxy groups -OCH3 is 1. The van der Waals surface area contributed by atoms with Gasteiger partial charge in [0.15, 0.2) is 23.0 Å². The summed E-state index contributed by atoms with van der Waals surface area (Å²) in [4.78, 5) is 24.4. The minimum absolute atomic E-state index is 0.0733. The average Bonchev–Trinajstić information content (AvgIpc) is 3.01. The summed E-state index contributed by atoms with van der Waals surface area (Å²) in [5, 5.41) is 53.0. The Bertz CT molecular complexity index is 1590. The summed E-state index contributed by atoms with van der Waals surface area (Å²) >= 11 is 1.14. The van der Waals surface area contributed by atoms with E-state index in [-0.39, 0.29) is 40.8 Å². The fourth-order valence-corrected chi connectivity index (χ4v) is 4.93. The molecule has 0 saturated carbocycles. The zero-order chi connectivity index (χ0) is 33.5. The minimum atomic E-state index is -2.83. The van der Waals surface area contributed by atoms with Crippen LogP contribution < -0.4 is 25.7 Å². The highest BCUT2D eigenvalue weighted by atomic mass is 32.2. The fourth-order valence-electron chi connectivity index (χ4n) is 3.98. The van der Waals surface area contributed by atoms with Gasteiger partial charge in [-0.15, -0.1) is 11.8 Å². The van der Waals surface area contributed by atoms with Crippen LogP contribution in [0, 0.1) is 11.8 Å². The summed E-state index contributed by atoms with van der Waals surface area (Å²) in [5.74, 6) is 3.37. The van der Waals surface area contributed by atoms with Gasteiger partial charge in [0.05, 0.1) is 24.5 Å². The third-order valence-electron chi connectivity index (χ3n) is 6.60. The van der Waals surface area contributed by atoms with Crippen LogP contribution in [0.25, 0.3) is 0 Å². The minimum Gasteiger partial charge on any atom is -0.507 e. The van der Waals surface area contributed by atoms with E-state index < -0.39 is 39.5 Å². The molecule has 0 fully saturated rings. The molecule has 0 saturated heterocycles. The Labute approximate surface area is 270 Å². The molecule has 0 aromatic heterocycles. The Morgan fingerprint density at radius 1 is 1.00 bits per heavy atom. The van der Waals surface area contributed by atoms with Crippen molar-refractivity contribution in [1.29, 1.82) is 0 Å². The van der Waals surface area contributed by atoms with Crippen LogP contribution in [-0.4, -0.2) is 93.7 Å². The number of nitrogens with one attached hydrogen (secondary N) is 1. The van der Waals surface area contributed by atoms with E-state index in [1.165, 1.54) is 25.3 Å². The molecule has 3 aromatic carbocycles. The Hall–Kier alpha value is -4.11. The Morgan fingerprint density at radius 2 is 1.64 bits per heavy atom. The molecule has 2 unspecified atom stereocenters. The van der Waals surface area contributed by atoms with Crippen molar-refractivity contribution in [3.8, 4) is 40.6 Å². The number of thioether (sulfide) groups is 1. The molecule has 6 N–H and O–H groups in total. The zero-order valence-electron chi connectivity index (χ0n) is 24.4. The van der Waals surface area contributed by atoms with Crippen LogP contribution in [0.4, 0.5) is 0 Å². The molecular formula is C30H27B4NO9S. The molecule has 0 aliphatic rings. The highest BCUT2D eigenvalue weighted by molar-refractivity contribution is 7.99. The van der Waals surface area contributed by atoms with Crippen molar-refractivity contribution in [2.45, 2.75) is 35.5 Å². The number of hydrogen-bond acceptors (Lipinski definition) is 10. The van der Waals surface area contributed by atoms with E-state index in [1.54, 1.807) is 31.2 Å². The standard InChI is InChI=1S/C30H27B4NO9S/c1-3-44-22-12-18(9-11-21(22)43-2)29(33,41)30(34,42)35-23(37)13-19(14-36)45-15-17-6-4-16(5-7-17)8-10-20-26(38)24(31)25(32)28(40)27(20)39/h4-7,9,11-12,14,19,38-42H,3,13,15H2,1-2H3,(H,35,37)/t19-,29?,30?/m1/s1. The Balaban J connectivity index is 1.63. The molecule has 10 nitrogen and oxygen atoms in total. The van der Waals surface area contributed by atoms with Crippen molar-refractivity contribution in [3.63, 3.8) is 0 Å². The molecule has 0 spiro atoms. The second kappa shape index (κ2) is 14.8. The van der Waals surface area contributed by atoms with Gasteiger partial charge in [0.25, 0.3) is 0 Å². The van der Waals surface area contributed by atoms with Gasteiger partial charge in [0.2, 0.25) is 5.91 Å². The number of phenols is 3. The predicted octanol–water partition coefficient (Wildman–Crippen LogP) is -0.666. The smallest absolute Gasteiger partial charge is 0.223 e. The van der Waals surface area contributed by atoms with Gasteiger partial charge in [-0.05, 0) is 42.3 Å². The number of aromatic hydroxyl groups is 3. The van der Waals surface area contributed by atoms with E-state index in [2.05, 4.69) is 17.2 Å². The molecule has 0 bridgehead atoms. The van der Waals surface area contributed by atoms with Crippen LogP contribution in [-0.2, 0) is 20.8 Å². The summed E-state index contributed by atoms with van der Waals surface area (Å²) in [5.41, 5.74) is -5.27. The van der Waals surface area contributed by atoms with Crippen LogP contribution in [0.5, 0.6) is 28.7 Å². The maximum Gasteiger partial charge on any atom is 0.223 e. The van der Waals surface area contributed by atoms with Gasteiger partial charge in [-0.25, -0.2) is 0 Å². The molecule has 15 heteroatoms. The number of aliphatic hydroxyl groups is 2. The lowest BCUT2D eigenvalue weighted by Gasteiger charge is -2.41. The first kappa shape index (κ1) is 35.4. The van der Waals surface area contributed by atoms with Gasteiger partial charge >= 0.3 is 0 Å². The van der Waals surface area contributed by atoms with Crippen molar-refractivity contribution in [1.82, 2.24) is 5.32 Å². The van der Waals surface area contributed by atoms with Crippen LogP contribution in [0.3, 0.4) is 0 Å². The van der Waals surface area contributed by atoms with Gasteiger partial charge < -0.3 is 45.1 Å². The third kappa shape index (κ3) is 8.14. The van der Waals surface area contributed by atoms with Crippen molar-refractivity contribution < 1.29 is 44.6 Å². The first-order valence-corrected chi connectivity index (χ1v) is 14.4. The third-order valence-corrected chi connectivity index (χ3v) is 7.81. The van der Waals surface area contributed by atoms with Gasteiger partial charge in [-0.1, -0.05) is 41.0 Å². The van der Waals surface area contributed by atoms with Crippen molar-refractivity contribution in [2.24, 2.45) is 0 Å². The van der Waals surface area contributed by atoms with Crippen molar-refractivity contribution in [2.75, 3.05) is 13.7 Å². The van der Waals surface area contributed by atoms with Gasteiger partial charge in [0, 0.05) is 17.7 Å². The summed E-state index contributed by atoms with van der Waals surface area (Å²) in [6.07, 6.45) is 0.184. The van der Waals surface area contributed by atoms with Gasteiger partial charge in [-0.3, -0.25) is 4.79 Å². The average molecular weight is 621 g/mol. The molecule has 3 atom stereocenters. The molecule has 1 amide bonds. The summed E-state index contributed by atoms with van der Waals surface area (Å²) < 4.78 is 10.7. The Morgan fingerprint density at radius 3 is 2.24 bits per heavy atom. The normalized spacial score (nSPS) is 14.1. The van der Waals surface area contributed by atoms with Gasteiger partial charge in [0.1, 0.15) is 54.6 Å². The summed E-state index contributed by atoms with van der Waals surface area (Å²) in [6, 6.07) is 10.8. The molecule has 0 aliphatic carbocycles. The molecule has 8 radical (unpaired) electrons. The molecule has 224 valence electrons. The van der Waals surface area contributed by atoms with E-state index in [0.29, 0.717) is 23.4 Å². The van der Waals surface area contributed by atoms with Crippen LogP contribution in [0.15, 0.2) is 42.5 Å². The quantitative estimate of drug-likeness (QED) is 0.0382. The zero-order valence-corrected chi connectivity index (χ0v) is 25.2. The SMILES string of the molecule is [B]c1c([B])c(O)c(C#Cc2ccc(CS[C@@H](C=O)CC(=O)NC([B])(O)C([B])(O)c3ccc(OC)c(OCC)c3)cc2)c(O)c1O. The molecule has 3 aromatic rings. The van der Waals surface area contributed by atoms with E-state index in [1.807, 2.05) is 0 Å². The van der Waals surface area contributed by atoms with Crippen LogP contribution in [0.2, 0.25) is 0 Å². The number of phenolic OH excluding ortho intramolecular Hbond substituents is 3. The van der Waals surface area contributed by atoms with Crippen molar-refractivity contribution >= 4 is 66.3 Å². The molecular weight excluding hydrogens is 594 g/mol. The topological polar surface area (TPSA) is 166 Å². The maximum absolute atomic E-state index is 12.7. The Kier molecular flexibility index (Phi) is 11.6. The fraction of sp³-hybridized carbons (Fsp3) is 0.267. The van der Waals surface area contributed by atoms with Crippen molar-refractivity contribution in [3.05, 3.63) is 64.7 Å². The monoisotopic (exact) mass is 621 g/mol. The molecule has 3 rings (SSSR count). The van der Waals surface area contributed by atoms with E-state index in [4.69, 9.17) is 40.9 Å². The highest BCUT2D eigenvalue weighted by Crippen LogP contribution is 2.35. The predicted molar refractivity (Wildman–Crippen MR) is 173 cm³/mol. The second-order valence-corrected chi connectivity index (χ2v) is 11.0. The number of ether oxygens (including phenoxy) is 2. The van der Waals surface area contributed by atoms with Crippen LogP contribution >= 0.6 is 11.8 Å². The lowest BCUT2D eigenvalue weighted by Crippen LogP contribution is -2.64. The number of hydrogen-bond donors (Lipinski definition) is 6. The molecule has 45 heavy (non-hydrogen) atoms. The maximum atomic E-state index is 12.7. The number of carbonyl (C=O) groups excluding carboxylic acids is 2. The lowest BCUT2D eigenvalue weighted by atomic mass is 9.60. The van der Waals surface area contributed by atoms with E-state index in [9.17, 15) is 35.1 Å². The number of carbonyl (C=O) groups is 2. The first-order valence-electron chi connectivity index (χ1n) is 13.3. The van der Waals surface area contributed by atoms with Gasteiger partial charge in [-0.2, -0.15) is 0 Å².